The molecule has 1 aromatic heterocycles. The lowest BCUT2D eigenvalue weighted by Gasteiger charge is -2.32. The van der Waals surface area contributed by atoms with Crippen LogP contribution >= 0.6 is 22.9 Å². The summed E-state index contributed by atoms with van der Waals surface area (Å²) in [7, 11) is 5.57. The van der Waals surface area contributed by atoms with Crippen LogP contribution in [0, 0.1) is 5.92 Å². The number of piperidine rings is 1. The van der Waals surface area contributed by atoms with Gasteiger partial charge in [-0.3, -0.25) is 0 Å². The van der Waals surface area contributed by atoms with Crippen LogP contribution in [0.15, 0.2) is 0 Å². The summed E-state index contributed by atoms with van der Waals surface area (Å²) in [5, 5.41) is 1.06. The molecule has 1 saturated heterocycles. The number of ether oxygens (including phenoxy) is 1. The lowest BCUT2D eigenvalue weighted by Crippen LogP contribution is -2.37. The SMILES string of the molecule is COC(=O)c1sc(N2CCC(CN(C)C)CC2)nc1Cl. The van der Waals surface area contributed by atoms with E-state index >= 15 is 0 Å². The van der Waals surface area contributed by atoms with Crippen LogP contribution in [-0.2, 0) is 4.74 Å². The number of thiazole rings is 1. The van der Waals surface area contributed by atoms with Gasteiger partial charge in [-0.2, -0.15) is 0 Å². The first-order valence-corrected chi connectivity index (χ1v) is 7.85. The van der Waals surface area contributed by atoms with E-state index in [9.17, 15) is 4.79 Å². The second-order valence-electron chi connectivity index (χ2n) is 5.30. The summed E-state index contributed by atoms with van der Waals surface area (Å²) >= 11 is 7.31. The molecule has 5 nitrogen and oxygen atoms in total. The highest BCUT2D eigenvalue weighted by Crippen LogP contribution is 2.32. The zero-order valence-electron chi connectivity index (χ0n) is 12.1. The minimum atomic E-state index is -0.416. The maximum Gasteiger partial charge on any atom is 0.351 e. The largest absolute Gasteiger partial charge is 0.465 e. The Labute approximate surface area is 128 Å². The van der Waals surface area contributed by atoms with Gasteiger partial charge in [-0.25, -0.2) is 9.78 Å². The smallest absolute Gasteiger partial charge is 0.351 e. The molecule has 1 aromatic rings. The Bertz CT molecular complexity index is 470. The van der Waals surface area contributed by atoms with Crippen LogP contribution < -0.4 is 4.90 Å². The summed E-state index contributed by atoms with van der Waals surface area (Å²) in [6, 6.07) is 0. The van der Waals surface area contributed by atoms with Crippen molar-refractivity contribution in [2.75, 3.05) is 45.7 Å². The number of hydrogen-bond donors (Lipinski definition) is 0. The number of carbonyl (C=O) groups is 1. The summed E-state index contributed by atoms with van der Waals surface area (Å²) < 4.78 is 4.70. The van der Waals surface area contributed by atoms with Crippen molar-refractivity contribution in [3.8, 4) is 0 Å². The van der Waals surface area contributed by atoms with Crippen LogP contribution in [0.4, 0.5) is 5.13 Å². The molecule has 0 spiro atoms. The van der Waals surface area contributed by atoms with Crippen LogP contribution in [0.3, 0.4) is 0 Å². The number of carbonyl (C=O) groups excluding carboxylic acids is 1. The predicted molar refractivity (Wildman–Crippen MR) is 82.0 cm³/mol. The Morgan fingerprint density at radius 2 is 2.15 bits per heavy atom. The number of methoxy groups -OCH3 is 1. The van der Waals surface area contributed by atoms with Gasteiger partial charge >= 0.3 is 5.97 Å². The van der Waals surface area contributed by atoms with Gasteiger partial charge in [-0.05, 0) is 32.9 Å². The standard InChI is InChI=1S/C13H20ClN3O2S/c1-16(2)8-9-4-6-17(7-5-9)13-15-11(14)10(20-13)12(18)19-3/h9H,4-8H2,1-3H3. The fraction of sp³-hybridized carbons (Fsp3) is 0.692. The molecular weight excluding hydrogens is 298 g/mol. The molecule has 0 aromatic carbocycles. The number of esters is 1. The molecule has 0 N–H and O–H groups in total. The van der Waals surface area contributed by atoms with Crippen molar-refractivity contribution < 1.29 is 9.53 Å². The molecule has 0 aliphatic carbocycles. The minimum absolute atomic E-state index is 0.243. The molecule has 1 fully saturated rings. The maximum absolute atomic E-state index is 11.5. The maximum atomic E-state index is 11.5. The van der Waals surface area contributed by atoms with Gasteiger partial charge in [-0.1, -0.05) is 22.9 Å². The molecule has 0 saturated carbocycles. The van der Waals surface area contributed by atoms with Crippen molar-refractivity contribution in [2.24, 2.45) is 5.92 Å². The number of hydrogen-bond acceptors (Lipinski definition) is 6. The van der Waals surface area contributed by atoms with Gasteiger partial charge in [-0.15, -0.1) is 0 Å². The Hall–Kier alpha value is -0.850. The first kappa shape index (κ1) is 15.5. The van der Waals surface area contributed by atoms with E-state index in [1.807, 2.05) is 0 Å². The third kappa shape index (κ3) is 3.62. The highest BCUT2D eigenvalue weighted by atomic mass is 35.5. The van der Waals surface area contributed by atoms with Gasteiger partial charge in [0.2, 0.25) is 0 Å². The molecule has 1 aliphatic rings. The van der Waals surface area contributed by atoms with Gasteiger partial charge in [0.05, 0.1) is 7.11 Å². The van der Waals surface area contributed by atoms with Crippen molar-refractivity contribution in [2.45, 2.75) is 12.8 Å². The minimum Gasteiger partial charge on any atom is -0.465 e. The zero-order chi connectivity index (χ0) is 14.7. The number of nitrogens with zero attached hydrogens (tertiary/aromatic N) is 3. The molecule has 0 radical (unpaired) electrons. The second-order valence-corrected chi connectivity index (χ2v) is 6.64. The van der Waals surface area contributed by atoms with E-state index in [2.05, 4.69) is 28.9 Å². The lowest BCUT2D eigenvalue weighted by molar-refractivity contribution is 0.0606. The van der Waals surface area contributed by atoms with E-state index in [1.54, 1.807) is 0 Å². The van der Waals surface area contributed by atoms with Crippen LogP contribution in [0.2, 0.25) is 5.15 Å². The molecule has 112 valence electrons. The Kier molecular flexibility index (Phi) is 5.23. The van der Waals surface area contributed by atoms with Crippen molar-refractivity contribution in [1.29, 1.82) is 0 Å². The third-order valence-corrected chi connectivity index (χ3v) is 4.94. The van der Waals surface area contributed by atoms with Gasteiger partial charge in [0.25, 0.3) is 0 Å². The average molecular weight is 318 g/mol. The first-order valence-electron chi connectivity index (χ1n) is 6.65. The van der Waals surface area contributed by atoms with E-state index in [1.165, 1.54) is 18.4 Å². The Morgan fingerprint density at radius 3 is 2.70 bits per heavy atom. The number of halogens is 1. The predicted octanol–water partition coefficient (Wildman–Crippen LogP) is 2.36. The summed E-state index contributed by atoms with van der Waals surface area (Å²) in [6.07, 6.45) is 2.28. The molecule has 20 heavy (non-hydrogen) atoms. The van der Waals surface area contributed by atoms with E-state index in [0.29, 0.717) is 4.88 Å². The zero-order valence-corrected chi connectivity index (χ0v) is 13.6. The van der Waals surface area contributed by atoms with Crippen LogP contribution in [0.25, 0.3) is 0 Å². The monoisotopic (exact) mass is 317 g/mol. The average Bonchev–Trinajstić information content (AvgIpc) is 2.80. The lowest BCUT2D eigenvalue weighted by atomic mass is 9.97. The molecule has 0 amide bonds. The van der Waals surface area contributed by atoms with Crippen LogP contribution in [-0.4, -0.2) is 56.7 Å². The Balaban J connectivity index is 1.99. The van der Waals surface area contributed by atoms with E-state index in [-0.39, 0.29) is 5.15 Å². The molecule has 2 rings (SSSR count). The second kappa shape index (κ2) is 6.74. The molecule has 7 heteroatoms. The van der Waals surface area contributed by atoms with E-state index < -0.39 is 5.97 Å². The quantitative estimate of drug-likeness (QED) is 0.798. The number of aromatic nitrogens is 1. The van der Waals surface area contributed by atoms with Gasteiger partial charge in [0.1, 0.15) is 0 Å². The molecule has 1 aliphatic heterocycles. The Morgan fingerprint density at radius 1 is 1.50 bits per heavy atom. The third-order valence-electron chi connectivity index (χ3n) is 3.45. The highest BCUT2D eigenvalue weighted by molar-refractivity contribution is 7.18. The topological polar surface area (TPSA) is 45.7 Å². The van der Waals surface area contributed by atoms with Crippen molar-refractivity contribution >= 4 is 34.0 Å². The number of rotatable bonds is 4. The molecule has 0 bridgehead atoms. The van der Waals surface area contributed by atoms with Crippen molar-refractivity contribution in [3.05, 3.63) is 10.0 Å². The van der Waals surface area contributed by atoms with Gasteiger partial charge < -0.3 is 14.5 Å². The van der Waals surface area contributed by atoms with Crippen LogP contribution in [0.5, 0.6) is 0 Å². The van der Waals surface area contributed by atoms with Crippen LogP contribution in [0.1, 0.15) is 22.5 Å². The van der Waals surface area contributed by atoms with E-state index in [0.717, 1.165) is 43.5 Å². The molecule has 0 unspecified atom stereocenters. The number of anilines is 1. The molecule has 0 atom stereocenters. The first-order chi connectivity index (χ1) is 9.51. The summed E-state index contributed by atoms with van der Waals surface area (Å²) in [6.45, 7) is 3.05. The van der Waals surface area contributed by atoms with Crippen molar-refractivity contribution in [3.63, 3.8) is 0 Å². The molecular formula is C13H20ClN3O2S. The van der Waals surface area contributed by atoms with E-state index in [4.69, 9.17) is 16.3 Å². The summed E-state index contributed by atoms with van der Waals surface area (Å²) in [5.74, 6) is 0.318. The van der Waals surface area contributed by atoms with Gasteiger partial charge in [0.15, 0.2) is 15.2 Å². The van der Waals surface area contributed by atoms with Crippen molar-refractivity contribution in [1.82, 2.24) is 9.88 Å². The summed E-state index contributed by atoms with van der Waals surface area (Å²) in [5.41, 5.74) is 0. The fourth-order valence-corrected chi connectivity index (χ4v) is 3.72. The normalized spacial score (nSPS) is 16.8. The fourth-order valence-electron chi connectivity index (χ4n) is 2.47. The highest BCUT2D eigenvalue weighted by Gasteiger charge is 2.24. The molecule has 2 heterocycles. The van der Waals surface area contributed by atoms with Gasteiger partial charge in [0, 0.05) is 19.6 Å². The summed E-state index contributed by atoms with van der Waals surface area (Å²) in [4.78, 5) is 20.7.